The molecule has 1 amide bonds. The predicted octanol–water partition coefficient (Wildman–Crippen LogP) is 5.47. The van der Waals surface area contributed by atoms with Crippen LogP contribution in [0.3, 0.4) is 0 Å². The maximum Gasteiger partial charge on any atom is 0.261 e. The highest BCUT2D eigenvalue weighted by atomic mass is 32.2. The lowest BCUT2D eigenvalue weighted by atomic mass is 10.1. The molecular weight excluding hydrogens is 464 g/mol. The number of amides is 1. The van der Waals surface area contributed by atoms with Crippen molar-refractivity contribution in [1.82, 2.24) is 0 Å². The zero-order chi connectivity index (χ0) is 25.4. The summed E-state index contributed by atoms with van der Waals surface area (Å²) in [5, 5.41) is 2.82. The van der Waals surface area contributed by atoms with Gasteiger partial charge in [-0.1, -0.05) is 18.2 Å². The number of ether oxygens (including phenoxy) is 2. The SMILES string of the molecule is CCOc1ccc(CCC(=O)Nc2ccc(S(=O)(=O)Nc3cc(C)ccc3C)cc2)cc1OCC. The molecule has 0 aliphatic carbocycles. The van der Waals surface area contributed by atoms with Crippen LogP contribution in [0.1, 0.15) is 37.0 Å². The Morgan fingerprint density at radius 3 is 2.23 bits per heavy atom. The van der Waals surface area contributed by atoms with Gasteiger partial charge in [-0.3, -0.25) is 9.52 Å². The maximum atomic E-state index is 12.8. The van der Waals surface area contributed by atoms with Crippen molar-refractivity contribution in [2.24, 2.45) is 0 Å². The van der Waals surface area contributed by atoms with Crippen LogP contribution in [-0.2, 0) is 21.2 Å². The minimum Gasteiger partial charge on any atom is -0.490 e. The summed E-state index contributed by atoms with van der Waals surface area (Å²) in [5.74, 6) is 1.18. The molecule has 35 heavy (non-hydrogen) atoms. The summed E-state index contributed by atoms with van der Waals surface area (Å²) < 4.78 is 39.4. The molecule has 3 aromatic rings. The van der Waals surface area contributed by atoms with E-state index in [9.17, 15) is 13.2 Å². The number of hydrogen-bond donors (Lipinski definition) is 2. The van der Waals surface area contributed by atoms with E-state index in [4.69, 9.17) is 9.47 Å². The first-order chi connectivity index (χ1) is 16.7. The van der Waals surface area contributed by atoms with Crippen LogP contribution in [0.15, 0.2) is 65.6 Å². The largest absolute Gasteiger partial charge is 0.490 e. The van der Waals surface area contributed by atoms with E-state index in [2.05, 4.69) is 10.0 Å². The molecule has 0 spiro atoms. The third kappa shape index (κ3) is 7.23. The molecule has 0 unspecified atom stereocenters. The van der Waals surface area contributed by atoms with Crippen LogP contribution in [-0.4, -0.2) is 27.5 Å². The van der Waals surface area contributed by atoms with E-state index >= 15 is 0 Å². The van der Waals surface area contributed by atoms with E-state index in [0.29, 0.717) is 42.5 Å². The molecule has 0 saturated carbocycles. The molecular formula is C27H32N2O5S. The topological polar surface area (TPSA) is 93.7 Å². The van der Waals surface area contributed by atoms with Gasteiger partial charge in [0, 0.05) is 12.1 Å². The number of rotatable bonds is 11. The zero-order valence-corrected chi connectivity index (χ0v) is 21.4. The molecule has 0 aromatic heterocycles. The molecule has 7 nitrogen and oxygen atoms in total. The average Bonchev–Trinajstić information content (AvgIpc) is 2.82. The number of nitrogens with one attached hydrogen (secondary N) is 2. The number of benzene rings is 3. The quantitative estimate of drug-likeness (QED) is 0.367. The second-order valence-electron chi connectivity index (χ2n) is 8.14. The summed E-state index contributed by atoms with van der Waals surface area (Å²) in [6.07, 6.45) is 0.804. The molecule has 3 rings (SSSR count). The van der Waals surface area contributed by atoms with Crippen LogP contribution in [0.4, 0.5) is 11.4 Å². The van der Waals surface area contributed by atoms with Gasteiger partial charge in [0.25, 0.3) is 10.0 Å². The summed E-state index contributed by atoms with van der Waals surface area (Å²) >= 11 is 0. The second kappa shape index (κ2) is 11.8. The Bertz CT molecular complexity index is 1270. The first-order valence-corrected chi connectivity index (χ1v) is 13.1. The predicted molar refractivity (Wildman–Crippen MR) is 139 cm³/mol. The zero-order valence-electron chi connectivity index (χ0n) is 20.6. The van der Waals surface area contributed by atoms with Crippen molar-refractivity contribution in [3.63, 3.8) is 0 Å². The van der Waals surface area contributed by atoms with Crippen molar-refractivity contribution in [3.05, 3.63) is 77.4 Å². The van der Waals surface area contributed by atoms with E-state index in [1.165, 1.54) is 12.1 Å². The van der Waals surface area contributed by atoms with Crippen molar-refractivity contribution in [3.8, 4) is 11.5 Å². The number of aryl methyl sites for hydroxylation is 3. The third-order valence-corrected chi connectivity index (χ3v) is 6.72. The summed E-state index contributed by atoms with van der Waals surface area (Å²) in [6, 6.07) is 17.4. The lowest BCUT2D eigenvalue weighted by Gasteiger charge is -2.13. The Labute approximate surface area is 207 Å². The molecule has 0 atom stereocenters. The minimum absolute atomic E-state index is 0.120. The van der Waals surface area contributed by atoms with Gasteiger partial charge in [0.05, 0.1) is 23.8 Å². The molecule has 8 heteroatoms. The molecule has 0 saturated heterocycles. The van der Waals surface area contributed by atoms with Gasteiger partial charge in [-0.2, -0.15) is 0 Å². The molecule has 2 N–H and O–H groups in total. The van der Waals surface area contributed by atoms with Crippen molar-refractivity contribution in [1.29, 1.82) is 0 Å². The smallest absolute Gasteiger partial charge is 0.261 e. The molecule has 0 fully saturated rings. The first-order valence-electron chi connectivity index (χ1n) is 11.6. The lowest BCUT2D eigenvalue weighted by Crippen LogP contribution is -2.15. The molecule has 186 valence electrons. The normalized spacial score (nSPS) is 11.1. The van der Waals surface area contributed by atoms with Gasteiger partial charge in [0.1, 0.15) is 0 Å². The Hall–Kier alpha value is -3.52. The molecule has 0 heterocycles. The summed E-state index contributed by atoms with van der Waals surface area (Å²) in [7, 11) is -3.75. The maximum absolute atomic E-state index is 12.8. The van der Waals surface area contributed by atoms with E-state index in [0.717, 1.165) is 16.7 Å². The van der Waals surface area contributed by atoms with Crippen molar-refractivity contribution in [2.45, 2.75) is 45.4 Å². The summed E-state index contributed by atoms with van der Waals surface area (Å²) in [6.45, 7) is 8.65. The van der Waals surface area contributed by atoms with Gasteiger partial charge in [-0.15, -0.1) is 0 Å². The standard InChI is InChI=1S/C27H32N2O5S/c1-5-33-25-15-9-21(18-26(25)34-6-2)10-16-27(30)28-22-11-13-23(14-12-22)35(31,32)29-24-17-19(3)7-8-20(24)4/h7-9,11-15,17-18,29H,5-6,10,16H2,1-4H3,(H,28,30). The van der Waals surface area contributed by atoms with Crippen LogP contribution >= 0.6 is 0 Å². The van der Waals surface area contributed by atoms with Gasteiger partial charge in [0.2, 0.25) is 5.91 Å². The third-order valence-electron chi connectivity index (χ3n) is 5.33. The Kier molecular flexibility index (Phi) is 8.76. The Morgan fingerprint density at radius 2 is 1.54 bits per heavy atom. The molecule has 0 aliphatic rings. The number of sulfonamides is 1. The summed E-state index contributed by atoms with van der Waals surface area (Å²) in [4.78, 5) is 12.6. The van der Waals surface area contributed by atoms with Crippen molar-refractivity contribution in [2.75, 3.05) is 23.3 Å². The van der Waals surface area contributed by atoms with E-state index in [1.807, 2.05) is 58.0 Å². The van der Waals surface area contributed by atoms with Crippen LogP contribution in [0, 0.1) is 13.8 Å². The lowest BCUT2D eigenvalue weighted by molar-refractivity contribution is -0.116. The van der Waals surface area contributed by atoms with E-state index in [-0.39, 0.29) is 17.2 Å². The average molecular weight is 497 g/mol. The highest BCUT2D eigenvalue weighted by Crippen LogP contribution is 2.29. The molecule has 0 radical (unpaired) electrons. The van der Waals surface area contributed by atoms with Gasteiger partial charge >= 0.3 is 0 Å². The number of hydrogen-bond acceptors (Lipinski definition) is 5. The fourth-order valence-corrected chi connectivity index (χ4v) is 4.62. The monoisotopic (exact) mass is 496 g/mol. The van der Waals surface area contributed by atoms with Gasteiger partial charge in [-0.05, 0) is 93.3 Å². The van der Waals surface area contributed by atoms with Crippen LogP contribution in [0.5, 0.6) is 11.5 Å². The minimum atomic E-state index is -3.75. The summed E-state index contributed by atoms with van der Waals surface area (Å²) in [5.41, 5.74) is 3.84. The van der Waals surface area contributed by atoms with Crippen molar-refractivity contribution < 1.29 is 22.7 Å². The highest BCUT2D eigenvalue weighted by molar-refractivity contribution is 7.92. The van der Waals surface area contributed by atoms with E-state index in [1.54, 1.807) is 18.2 Å². The fourth-order valence-electron chi connectivity index (χ4n) is 3.50. The van der Waals surface area contributed by atoms with Crippen LogP contribution in [0.25, 0.3) is 0 Å². The van der Waals surface area contributed by atoms with E-state index < -0.39 is 10.0 Å². The fraction of sp³-hybridized carbons (Fsp3) is 0.296. The first kappa shape index (κ1) is 26.1. The van der Waals surface area contributed by atoms with Gasteiger partial charge in [-0.25, -0.2) is 8.42 Å². The number of carbonyl (C=O) groups is 1. The Morgan fingerprint density at radius 1 is 0.857 bits per heavy atom. The highest BCUT2D eigenvalue weighted by Gasteiger charge is 2.16. The second-order valence-corrected chi connectivity index (χ2v) is 9.83. The molecule has 0 aliphatic heterocycles. The molecule has 3 aromatic carbocycles. The Balaban J connectivity index is 1.60. The molecule has 0 bridgehead atoms. The van der Waals surface area contributed by atoms with Gasteiger partial charge < -0.3 is 14.8 Å². The number of anilines is 2. The number of carbonyl (C=O) groups excluding carboxylic acids is 1. The van der Waals surface area contributed by atoms with Gasteiger partial charge in [0.15, 0.2) is 11.5 Å². The van der Waals surface area contributed by atoms with Crippen LogP contribution in [0.2, 0.25) is 0 Å². The van der Waals surface area contributed by atoms with Crippen LogP contribution < -0.4 is 19.5 Å². The van der Waals surface area contributed by atoms with Crippen molar-refractivity contribution >= 4 is 27.3 Å².